The summed E-state index contributed by atoms with van der Waals surface area (Å²) >= 11 is 0. The minimum Gasteiger partial charge on any atom is -0.478 e. The lowest BCUT2D eigenvalue weighted by Crippen LogP contribution is -2.30. The number of fused-ring (bicyclic) bond motifs is 1. The van der Waals surface area contributed by atoms with E-state index in [2.05, 4.69) is 10.2 Å². The molecule has 0 bridgehead atoms. The predicted molar refractivity (Wildman–Crippen MR) is 67.8 cm³/mol. The van der Waals surface area contributed by atoms with Crippen LogP contribution in [-0.4, -0.2) is 40.3 Å². The molecule has 0 radical (unpaired) electrons. The van der Waals surface area contributed by atoms with Crippen LogP contribution >= 0.6 is 0 Å². The maximum absolute atomic E-state index is 11.8. The second-order valence-electron chi connectivity index (χ2n) is 4.76. The van der Waals surface area contributed by atoms with E-state index in [4.69, 9.17) is 5.11 Å². The standard InChI is InChI=1S/C11H13N3O4S/c1-11(2,19(3,17)18)10-13-12-8-5-4-7(9(15)16)6-14(8)10/h4-6H,1-3H3,(H,15,16). The Hall–Kier alpha value is -1.96. The molecule has 0 fully saturated rings. The summed E-state index contributed by atoms with van der Waals surface area (Å²) < 4.78 is 23.8. The Morgan fingerprint density at radius 2 is 1.95 bits per heavy atom. The van der Waals surface area contributed by atoms with Crippen LogP contribution in [0.2, 0.25) is 0 Å². The molecule has 0 aromatic carbocycles. The van der Waals surface area contributed by atoms with Gasteiger partial charge in [-0.25, -0.2) is 13.2 Å². The summed E-state index contributed by atoms with van der Waals surface area (Å²) in [6.07, 6.45) is 2.43. The molecule has 0 saturated heterocycles. The molecule has 0 aliphatic heterocycles. The predicted octanol–water partition coefficient (Wildman–Crippen LogP) is 0.707. The first-order valence-corrected chi connectivity index (χ1v) is 7.32. The number of rotatable bonds is 3. The highest BCUT2D eigenvalue weighted by Gasteiger charge is 2.37. The lowest BCUT2D eigenvalue weighted by molar-refractivity contribution is 0.0696. The maximum atomic E-state index is 11.8. The molecular weight excluding hydrogens is 270 g/mol. The molecule has 19 heavy (non-hydrogen) atoms. The van der Waals surface area contributed by atoms with Crippen LogP contribution in [0.25, 0.3) is 5.65 Å². The number of sulfone groups is 1. The van der Waals surface area contributed by atoms with Crippen molar-refractivity contribution in [2.45, 2.75) is 18.6 Å². The van der Waals surface area contributed by atoms with Gasteiger partial charge >= 0.3 is 5.97 Å². The van der Waals surface area contributed by atoms with Crippen molar-refractivity contribution < 1.29 is 18.3 Å². The van der Waals surface area contributed by atoms with Gasteiger partial charge in [0.2, 0.25) is 0 Å². The molecule has 8 heteroatoms. The van der Waals surface area contributed by atoms with Crippen molar-refractivity contribution in [1.29, 1.82) is 0 Å². The first-order chi connectivity index (χ1) is 8.64. The first-order valence-electron chi connectivity index (χ1n) is 5.43. The van der Waals surface area contributed by atoms with Crippen LogP contribution in [0.3, 0.4) is 0 Å². The number of aromatic carboxylic acids is 1. The normalized spacial score (nSPS) is 12.8. The molecule has 0 saturated carbocycles. The molecule has 0 atom stereocenters. The first kappa shape index (κ1) is 13.5. The van der Waals surface area contributed by atoms with Gasteiger partial charge < -0.3 is 5.11 Å². The van der Waals surface area contributed by atoms with Crippen LogP contribution in [0.15, 0.2) is 18.3 Å². The SMILES string of the molecule is CC(C)(c1nnc2ccc(C(=O)O)cn12)S(C)(=O)=O. The molecular formula is C11H13N3O4S. The van der Waals surface area contributed by atoms with Gasteiger partial charge in [-0.05, 0) is 26.0 Å². The fourth-order valence-corrected chi connectivity index (χ4v) is 2.06. The molecule has 0 spiro atoms. The van der Waals surface area contributed by atoms with Gasteiger partial charge in [0, 0.05) is 12.5 Å². The summed E-state index contributed by atoms with van der Waals surface area (Å²) in [4.78, 5) is 11.0. The van der Waals surface area contributed by atoms with Crippen LogP contribution in [-0.2, 0) is 14.6 Å². The minimum atomic E-state index is -3.42. The second kappa shape index (κ2) is 4.02. The lowest BCUT2D eigenvalue weighted by atomic mass is 10.2. The Kier molecular flexibility index (Phi) is 2.85. The molecule has 0 aliphatic rings. The molecule has 7 nitrogen and oxygen atoms in total. The van der Waals surface area contributed by atoms with Crippen LogP contribution < -0.4 is 0 Å². The van der Waals surface area contributed by atoms with Crippen molar-refractivity contribution in [1.82, 2.24) is 14.6 Å². The van der Waals surface area contributed by atoms with Crippen molar-refractivity contribution in [2.75, 3.05) is 6.26 Å². The highest BCUT2D eigenvalue weighted by Crippen LogP contribution is 2.27. The van der Waals surface area contributed by atoms with E-state index in [9.17, 15) is 13.2 Å². The summed E-state index contributed by atoms with van der Waals surface area (Å²) in [5.74, 6) is -0.910. The van der Waals surface area contributed by atoms with Crippen molar-refractivity contribution in [3.8, 4) is 0 Å². The Bertz CT molecular complexity index is 761. The second-order valence-corrected chi connectivity index (χ2v) is 7.32. The molecule has 2 aromatic rings. The molecule has 0 unspecified atom stereocenters. The van der Waals surface area contributed by atoms with Crippen molar-refractivity contribution in [3.63, 3.8) is 0 Å². The van der Waals surface area contributed by atoms with Gasteiger partial charge in [-0.3, -0.25) is 4.40 Å². The molecule has 2 heterocycles. The van der Waals surface area contributed by atoms with Gasteiger partial charge in [-0.2, -0.15) is 0 Å². The Morgan fingerprint density at radius 3 is 2.47 bits per heavy atom. The van der Waals surface area contributed by atoms with E-state index >= 15 is 0 Å². The van der Waals surface area contributed by atoms with E-state index in [1.807, 2.05) is 0 Å². The molecule has 1 N–H and O–H groups in total. The quantitative estimate of drug-likeness (QED) is 0.890. The largest absolute Gasteiger partial charge is 0.478 e. The third-order valence-electron chi connectivity index (χ3n) is 3.11. The van der Waals surface area contributed by atoms with Gasteiger partial charge in [0.25, 0.3) is 0 Å². The van der Waals surface area contributed by atoms with Gasteiger partial charge in [-0.1, -0.05) is 0 Å². The topological polar surface area (TPSA) is 102 Å². The third kappa shape index (κ3) is 2.07. The summed E-state index contributed by atoms with van der Waals surface area (Å²) in [6, 6.07) is 2.88. The smallest absolute Gasteiger partial charge is 0.337 e. The highest BCUT2D eigenvalue weighted by molar-refractivity contribution is 7.91. The number of hydrogen-bond acceptors (Lipinski definition) is 5. The molecule has 102 valence electrons. The fourth-order valence-electron chi connectivity index (χ4n) is 1.59. The van der Waals surface area contributed by atoms with E-state index < -0.39 is 20.6 Å². The van der Waals surface area contributed by atoms with Crippen molar-refractivity contribution in [3.05, 3.63) is 29.7 Å². The van der Waals surface area contributed by atoms with Crippen LogP contribution in [0, 0.1) is 0 Å². The van der Waals surface area contributed by atoms with E-state index in [1.165, 1.54) is 36.6 Å². The lowest BCUT2D eigenvalue weighted by Gasteiger charge is -2.20. The molecule has 0 amide bonds. The number of carboxylic acids is 1. The van der Waals surface area contributed by atoms with Gasteiger partial charge in [-0.15, -0.1) is 10.2 Å². The number of aromatic nitrogens is 3. The summed E-state index contributed by atoms with van der Waals surface area (Å²) in [5, 5.41) is 16.7. The number of nitrogens with zero attached hydrogens (tertiary/aromatic N) is 3. The number of carbonyl (C=O) groups is 1. The average molecular weight is 283 g/mol. The maximum Gasteiger partial charge on any atom is 0.337 e. The Morgan fingerprint density at radius 1 is 1.32 bits per heavy atom. The van der Waals surface area contributed by atoms with Crippen molar-refractivity contribution >= 4 is 21.5 Å². The van der Waals surface area contributed by atoms with Gasteiger partial charge in [0.05, 0.1) is 5.56 Å². The molecule has 2 rings (SSSR count). The van der Waals surface area contributed by atoms with Gasteiger partial charge in [0.1, 0.15) is 4.75 Å². The van der Waals surface area contributed by atoms with Crippen LogP contribution in [0.4, 0.5) is 0 Å². The number of pyridine rings is 1. The van der Waals surface area contributed by atoms with Gasteiger partial charge in [0.15, 0.2) is 21.3 Å². The number of hydrogen-bond donors (Lipinski definition) is 1. The van der Waals surface area contributed by atoms with Crippen LogP contribution in [0.1, 0.15) is 30.0 Å². The van der Waals surface area contributed by atoms with E-state index in [0.717, 1.165) is 6.26 Å². The highest BCUT2D eigenvalue weighted by atomic mass is 32.2. The number of carboxylic acid groups (broad SMARTS) is 1. The minimum absolute atomic E-state index is 0.0397. The van der Waals surface area contributed by atoms with Crippen LogP contribution in [0.5, 0.6) is 0 Å². The molecule has 2 aromatic heterocycles. The Labute approximate surface area is 109 Å². The zero-order valence-corrected chi connectivity index (χ0v) is 11.5. The summed E-state index contributed by atoms with van der Waals surface area (Å²) in [7, 11) is -3.42. The zero-order chi connectivity index (χ0) is 14.4. The monoisotopic (exact) mass is 283 g/mol. The summed E-state index contributed by atoms with van der Waals surface area (Å²) in [5.41, 5.74) is 0.439. The Balaban J connectivity index is 2.75. The van der Waals surface area contributed by atoms with Crippen molar-refractivity contribution in [2.24, 2.45) is 0 Å². The molecule has 0 aliphatic carbocycles. The van der Waals surface area contributed by atoms with E-state index in [1.54, 1.807) is 0 Å². The van der Waals surface area contributed by atoms with E-state index in [0.29, 0.717) is 5.65 Å². The zero-order valence-electron chi connectivity index (χ0n) is 10.7. The fraction of sp³-hybridized carbons (Fsp3) is 0.364. The summed E-state index contributed by atoms with van der Waals surface area (Å²) in [6.45, 7) is 3.01. The van der Waals surface area contributed by atoms with E-state index in [-0.39, 0.29) is 11.4 Å². The average Bonchev–Trinajstić information content (AvgIpc) is 2.70. The third-order valence-corrected chi connectivity index (χ3v) is 5.15.